The molecule has 0 radical (unpaired) electrons. The molecule has 0 unspecified atom stereocenters. The maximum Gasteiger partial charge on any atom is -1.00 e. The molecule has 0 N–H and O–H groups in total. The molecule has 44 heavy (non-hydrogen) atoms. The molecule has 0 saturated heterocycles. The van der Waals surface area contributed by atoms with E-state index >= 15 is 0 Å². The number of halogens is 2. The van der Waals surface area contributed by atoms with Crippen molar-refractivity contribution in [3.05, 3.63) is 151 Å². The van der Waals surface area contributed by atoms with E-state index in [4.69, 9.17) is 0 Å². The van der Waals surface area contributed by atoms with Crippen LogP contribution in [0.5, 0.6) is 0 Å². The van der Waals surface area contributed by atoms with Crippen molar-refractivity contribution in [2.24, 2.45) is 11.8 Å². The first-order valence-corrected chi connectivity index (χ1v) is 19.8. The minimum atomic E-state index is -2.74. The summed E-state index contributed by atoms with van der Waals surface area (Å²) in [7, 11) is 0. The van der Waals surface area contributed by atoms with Gasteiger partial charge in [-0.15, -0.1) is 0 Å². The molecule has 0 nitrogen and oxygen atoms in total. The molecule has 0 amide bonds. The topological polar surface area (TPSA) is 0 Å². The number of rotatable bonds is 8. The molecular formula is C41H44Cl2Zr. The molecule has 3 heteroatoms. The number of allylic oxidation sites excluding steroid dienone is 4. The number of hydrogen-bond acceptors (Lipinski definition) is 0. The molecule has 0 bridgehead atoms. The van der Waals surface area contributed by atoms with Gasteiger partial charge < -0.3 is 24.8 Å². The molecule has 0 saturated carbocycles. The quantitative estimate of drug-likeness (QED) is 0.251. The van der Waals surface area contributed by atoms with Crippen LogP contribution in [0.25, 0.3) is 11.1 Å². The molecule has 0 fully saturated rings. The van der Waals surface area contributed by atoms with Crippen molar-refractivity contribution in [2.75, 3.05) is 0 Å². The van der Waals surface area contributed by atoms with Gasteiger partial charge in [0.2, 0.25) is 0 Å². The first kappa shape index (κ1) is 34.6. The molecule has 226 valence electrons. The number of fused-ring (bicyclic) bond motifs is 3. The monoisotopic (exact) mass is 696 g/mol. The summed E-state index contributed by atoms with van der Waals surface area (Å²) in [5.41, 5.74) is 15.1. The summed E-state index contributed by atoms with van der Waals surface area (Å²) in [5, 5.41) is 0. The van der Waals surface area contributed by atoms with Crippen LogP contribution in [0.4, 0.5) is 0 Å². The van der Waals surface area contributed by atoms with Gasteiger partial charge in [0, 0.05) is 0 Å². The van der Waals surface area contributed by atoms with Gasteiger partial charge in [0.15, 0.2) is 0 Å². The molecular weight excluding hydrogens is 655 g/mol. The van der Waals surface area contributed by atoms with Crippen molar-refractivity contribution < 1.29 is 46.1 Å². The average molecular weight is 699 g/mol. The molecule has 2 aliphatic rings. The summed E-state index contributed by atoms with van der Waals surface area (Å²) < 4.78 is 3.86. The predicted octanol–water partition coefficient (Wildman–Crippen LogP) is 4.67. The third-order valence-corrected chi connectivity index (χ3v) is 17.6. The minimum Gasteiger partial charge on any atom is -1.00 e. The van der Waals surface area contributed by atoms with Crippen molar-refractivity contribution in [1.29, 1.82) is 0 Å². The van der Waals surface area contributed by atoms with Crippen molar-refractivity contribution in [2.45, 2.75) is 64.4 Å². The van der Waals surface area contributed by atoms with E-state index in [0.717, 1.165) is 19.3 Å². The van der Waals surface area contributed by atoms with E-state index in [1.165, 1.54) is 33.4 Å². The minimum absolute atomic E-state index is 0. The standard InChI is InChI=1S/C17H17.C13H10.C11H17.2ClH.Zr/c1-3-12-5-7-16-14(9-12)11-15-10-13(4-2)6-8-17(15)16;1-3-7-12(8-4-1)11-13-9-5-2-6-10-13;1-8(2)10-6-5-7-11(10)9(3)4;;;/h5-11H,3-4H2,1-2H3;1-10H;6,8-9H,7H2,1-4H3;2*1H;/q;;;;;+2/p-2. The molecule has 4 aromatic carbocycles. The fourth-order valence-electron chi connectivity index (χ4n) is 7.18. The van der Waals surface area contributed by atoms with Crippen LogP contribution in [0.3, 0.4) is 0 Å². The Hall–Kier alpha value is -2.31. The van der Waals surface area contributed by atoms with Crippen LogP contribution < -0.4 is 24.8 Å². The van der Waals surface area contributed by atoms with Gasteiger partial charge in [-0.25, -0.2) is 0 Å². The summed E-state index contributed by atoms with van der Waals surface area (Å²) in [4.78, 5) is 0. The zero-order chi connectivity index (χ0) is 29.4. The van der Waals surface area contributed by atoms with Crippen LogP contribution in [-0.4, -0.2) is 3.21 Å². The maximum absolute atomic E-state index is 2.74. The summed E-state index contributed by atoms with van der Waals surface area (Å²) in [6, 6.07) is 37.5. The first-order chi connectivity index (χ1) is 20.4. The van der Waals surface area contributed by atoms with Gasteiger partial charge in [0.05, 0.1) is 0 Å². The van der Waals surface area contributed by atoms with Gasteiger partial charge in [-0.05, 0) is 0 Å². The smallest absolute Gasteiger partial charge is 1.00 e. The number of aryl methyl sites for hydroxylation is 2. The van der Waals surface area contributed by atoms with Gasteiger partial charge >= 0.3 is 263 Å². The van der Waals surface area contributed by atoms with E-state index in [1.807, 2.05) is 0 Å². The van der Waals surface area contributed by atoms with Crippen molar-refractivity contribution in [1.82, 2.24) is 0 Å². The molecule has 4 aromatic rings. The number of hydrogen-bond donors (Lipinski definition) is 0. The van der Waals surface area contributed by atoms with E-state index in [1.54, 1.807) is 28.8 Å². The van der Waals surface area contributed by atoms with Gasteiger partial charge in [-0.3, -0.25) is 0 Å². The maximum atomic E-state index is 2.70. The van der Waals surface area contributed by atoms with Crippen LogP contribution in [-0.2, 0) is 34.1 Å². The zero-order valence-electron chi connectivity index (χ0n) is 26.9. The van der Waals surface area contributed by atoms with E-state index < -0.39 is 21.3 Å². The summed E-state index contributed by atoms with van der Waals surface area (Å²) in [6.45, 7) is 14.2. The molecule has 0 aromatic heterocycles. The largest absolute Gasteiger partial charge is 1.00 e. The normalized spacial score (nSPS) is 13.6. The Bertz CT molecular complexity index is 1610. The Morgan fingerprint density at radius 3 is 1.52 bits per heavy atom. The summed E-state index contributed by atoms with van der Waals surface area (Å²) in [5.74, 6) is 1.11. The van der Waals surface area contributed by atoms with Crippen LogP contribution in [0.15, 0.2) is 118 Å². The van der Waals surface area contributed by atoms with Crippen molar-refractivity contribution in [3.63, 3.8) is 0 Å². The molecule has 0 spiro atoms. The van der Waals surface area contributed by atoms with Gasteiger partial charge in [-0.2, -0.15) is 0 Å². The fourth-order valence-corrected chi connectivity index (χ4v) is 16.3. The molecule has 2 aliphatic carbocycles. The Morgan fingerprint density at radius 2 is 1.14 bits per heavy atom. The molecule has 0 heterocycles. The Balaban J connectivity index is 0.00000221. The molecule has 6 rings (SSSR count). The zero-order valence-corrected chi connectivity index (χ0v) is 30.9. The second kappa shape index (κ2) is 14.9. The Morgan fingerprint density at radius 1 is 0.659 bits per heavy atom. The SMILES string of the molecule is CCc1ccc2c(c1)[CH]([Zr+2]([C]1=CC(C(C)C)=C(C(C)C)C1)=[C](c1ccccc1)c1ccccc1)c1cc(CC)ccc1-2.[Cl-].[Cl-]. The van der Waals surface area contributed by atoms with Crippen LogP contribution >= 0.6 is 0 Å². The second-order valence-electron chi connectivity index (χ2n) is 12.6. The fraction of sp³-hybridized carbons (Fsp3) is 0.293. The number of benzene rings is 4. The van der Waals surface area contributed by atoms with Crippen molar-refractivity contribution in [3.8, 4) is 11.1 Å². The van der Waals surface area contributed by atoms with E-state index in [2.05, 4.69) is 145 Å². The van der Waals surface area contributed by atoms with Crippen LogP contribution in [0, 0.1) is 11.8 Å². The second-order valence-corrected chi connectivity index (χ2v) is 18.9. The van der Waals surface area contributed by atoms with E-state index in [0.29, 0.717) is 15.5 Å². The first-order valence-electron chi connectivity index (χ1n) is 16.0. The Labute approximate surface area is 285 Å². The summed E-state index contributed by atoms with van der Waals surface area (Å²) in [6.07, 6.45) is 5.99. The molecule has 0 aliphatic heterocycles. The van der Waals surface area contributed by atoms with E-state index in [9.17, 15) is 0 Å². The van der Waals surface area contributed by atoms with Gasteiger partial charge in [-0.1, -0.05) is 0 Å². The van der Waals surface area contributed by atoms with Gasteiger partial charge in [0.25, 0.3) is 0 Å². The predicted molar refractivity (Wildman–Crippen MR) is 178 cm³/mol. The van der Waals surface area contributed by atoms with Crippen LogP contribution in [0.2, 0.25) is 0 Å². The Kier molecular flexibility index (Phi) is 11.7. The third kappa shape index (κ3) is 6.49. The average Bonchev–Trinajstić information content (AvgIpc) is 3.60. The summed E-state index contributed by atoms with van der Waals surface area (Å²) >= 11 is -2.74. The molecule has 0 atom stereocenters. The third-order valence-electron chi connectivity index (χ3n) is 9.39. The van der Waals surface area contributed by atoms with E-state index in [-0.39, 0.29) is 24.8 Å². The van der Waals surface area contributed by atoms with Gasteiger partial charge in [0.1, 0.15) is 0 Å². The van der Waals surface area contributed by atoms with Crippen LogP contribution in [0.1, 0.15) is 85.0 Å². The van der Waals surface area contributed by atoms with Crippen molar-refractivity contribution >= 4 is 3.21 Å².